The number of nitrogens with zero attached hydrogens (tertiary/aromatic N) is 3. The maximum Gasteiger partial charge on any atom is 0.244 e. The Hall–Kier alpha value is -1.46. The highest BCUT2D eigenvalue weighted by Gasteiger charge is 2.37. The third-order valence-electron chi connectivity index (χ3n) is 5.20. The number of hydrogen-bond donors (Lipinski definition) is 0. The van der Waals surface area contributed by atoms with E-state index >= 15 is 0 Å². The smallest absolute Gasteiger partial charge is 0.244 e. The second-order valence-corrected chi connectivity index (χ2v) is 6.76. The van der Waals surface area contributed by atoms with Gasteiger partial charge in [0.2, 0.25) is 5.91 Å². The summed E-state index contributed by atoms with van der Waals surface area (Å²) in [4.78, 5) is 19.5. The van der Waals surface area contributed by atoms with E-state index < -0.39 is 0 Å². The van der Waals surface area contributed by atoms with Crippen LogP contribution in [0.25, 0.3) is 0 Å². The Morgan fingerprint density at radius 2 is 1.71 bits per heavy atom. The van der Waals surface area contributed by atoms with Gasteiger partial charge in [-0.1, -0.05) is 18.2 Å². The minimum atomic E-state index is -0.199. The van der Waals surface area contributed by atoms with Crippen LogP contribution in [0, 0.1) is 0 Å². The van der Waals surface area contributed by atoms with E-state index in [1.54, 1.807) is 0 Å². The lowest BCUT2D eigenvalue weighted by Gasteiger charge is -2.37. The van der Waals surface area contributed by atoms with E-state index in [2.05, 4.69) is 9.80 Å². The number of amides is 1. The summed E-state index contributed by atoms with van der Waals surface area (Å²) in [5.41, 5.74) is 1.01. The molecule has 1 aromatic rings. The first-order chi connectivity index (χ1) is 11.8. The number of rotatable bonds is 7. The second-order valence-electron chi connectivity index (χ2n) is 6.76. The predicted octanol–water partition coefficient (Wildman–Crippen LogP) is 2.55. The summed E-state index contributed by atoms with van der Waals surface area (Å²) in [5, 5.41) is 0. The maximum atomic E-state index is 12.8. The van der Waals surface area contributed by atoms with Crippen LogP contribution in [-0.2, 0) is 4.79 Å². The van der Waals surface area contributed by atoms with Gasteiger partial charge in [-0.05, 0) is 44.4 Å². The lowest BCUT2D eigenvalue weighted by molar-refractivity contribution is -0.122. The summed E-state index contributed by atoms with van der Waals surface area (Å²) in [7, 11) is 0. The highest BCUT2D eigenvalue weighted by molar-refractivity contribution is 5.99. The monoisotopic (exact) mass is 333 g/mol. The first kappa shape index (κ1) is 17.4. The fraction of sp³-hybridized carbons (Fsp3) is 0.632. The van der Waals surface area contributed by atoms with Crippen molar-refractivity contribution in [2.45, 2.75) is 31.7 Å². The molecule has 2 saturated heterocycles. The van der Waals surface area contributed by atoms with E-state index in [0.29, 0.717) is 6.42 Å². The van der Waals surface area contributed by atoms with E-state index in [0.717, 1.165) is 64.2 Å². The first-order valence-corrected chi connectivity index (χ1v) is 9.18. The maximum absolute atomic E-state index is 12.8. The third kappa shape index (κ3) is 4.14. The van der Waals surface area contributed by atoms with Crippen LogP contribution in [0.1, 0.15) is 25.7 Å². The normalized spacial score (nSPS) is 23.1. The molecule has 0 radical (unpaired) electrons. The average molecular weight is 333 g/mol. The molecule has 0 spiro atoms. The lowest BCUT2D eigenvalue weighted by atomic mass is 10.1. The van der Waals surface area contributed by atoms with Gasteiger partial charge in [0.1, 0.15) is 0 Å². The van der Waals surface area contributed by atoms with E-state index in [1.165, 1.54) is 0 Å². The van der Waals surface area contributed by atoms with Crippen LogP contribution in [-0.4, -0.2) is 67.7 Å². The van der Waals surface area contributed by atoms with Crippen molar-refractivity contribution in [1.82, 2.24) is 9.80 Å². The Kier molecular flexibility index (Phi) is 6.21. The number of benzene rings is 1. The van der Waals surface area contributed by atoms with Crippen molar-refractivity contribution in [3.63, 3.8) is 0 Å². The molecule has 1 amide bonds. The largest absolute Gasteiger partial charge is 0.311 e. The summed E-state index contributed by atoms with van der Waals surface area (Å²) in [6.07, 6.45) is 3.66. The minimum absolute atomic E-state index is 0.0406. The van der Waals surface area contributed by atoms with Crippen molar-refractivity contribution in [3.8, 4) is 0 Å². The Bertz CT molecular complexity index is 517. The zero-order chi connectivity index (χ0) is 16.8. The first-order valence-electron chi connectivity index (χ1n) is 9.18. The van der Waals surface area contributed by atoms with Crippen LogP contribution < -0.4 is 4.90 Å². The SMILES string of the molecule is O=C1[C@@H](N2CCN(CCCCCF)CC2)CCN1c1ccccc1. The van der Waals surface area contributed by atoms with Crippen molar-refractivity contribution in [2.75, 3.05) is 50.8 Å². The zero-order valence-corrected chi connectivity index (χ0v) is 14.4. The standard InChI is InChI=1S/C19H28FN3O/c20-10-5-2-6-11-21-13-15-22(16-14-21)18-9-12-23(19(18)24)17-7-3-1-4-8-17/h1,3-4,7-8,18H,2,5-6,9-16H2/t18-/m0/s1. The highest BCUT2D eigenvalue weighted by atomic mass is 19.1. The molecule has 0 aliphatic carbocycles. The highest BCUT2D eigenvalue weighted by Crippen LogP contribution is 2.24. The minimum Gasteiger partial charge on any atom is -0.311 e. The molecule has 24 heavy (non-hydrogen) atoms. The van der Waals surface area contributed by atoms with Gasteiger partial charge >= 0.3 is 0 Å². The van der Waals surface area contributed by atoms with Gasteiger partial charge in [-0.3, -0.25) is 14.1 Å². The molecule has 0 unspecified atom stereocenters. The number of hydrogen-bond acceptors (Lipinski definition) is 3. The van der Waals surface area contributed by atoms with Gasteiger partial charge in [-0.2, -0.15) is 0 Å². The summed E-state index contributed by atoms with van der Waals surface area (Å²) >= 11 is 0. The number of anilines is 1. The van der Waals surface area contributed by atoms with Crippen molar-refractivity contribution in [2.24, 2.45) is 0 Å². The molecule has 1 atom stereocenters. The summed E-state index contributed by atoms with van der Waals surface area (Å²) in [6, 6.07) is 10.0. The molecule has 0 N–H and O–H groups in total. The van der Waals surface area contributed by atoms with Crippen molar-refractivity contribution < 1.29 is 9.18 Å². The van der Waals surface area contributed by atoms with Crippen molar-refractivity contribution in [1.29, 1.82) is 0 Å². The quantitative estimate of drug-likeness (QED) is 0.718. The summed E-state index contributed by atoms with van der Waals surface area (Å²) in [5.74, 6) is 0.248. The predicted molar refractivity (Wildman–Crippen MR) is 95.0 cm³/mol. The molecular formula is C19H28FN3O. The molecule has 3 rings (SSSR count). The summed E-state index contributed by atoms with van der Waals surface area (Å²) < 4.78 is 12.1. The van der Waals surface area contributed by atoms with Gasteiger partial charge in [0.15, 0.2) is 0 Å². The van der Waals surface area contributed by atoms with Gasteiger partial charge in [0, 0.05) is 38.4 Å². The van der Waals surface area contributed by atoms with Crippen LogP contribution >= 0.6 is 0 Å². The van der Waals surface area contributed by atoms with Crippen LogP contribution in [0.4, 0.5) is 10.1 Å². The van der Waals surface area contributed by atoms with E-state index in [9.17, 15) is 9.18 Å². The molecule has 0 aromatic heterocycles. The molecule has 2 aliphatic heterocycles. The van der Waals surface area contributed by atoms with Crippen LogP contribution in [0.3, 0.4) is 0 Å². The van der Waals surface area contributed by atoms with Gasteiger partial charge in [0.25, 0.3) is 0 Å². The van der Waals surface area contributed by atoms with Crippen LogP contribution in [0.5, 0.6) is 0 Å². The number of para-hydroxylation sites is 1. The number of alkyl halides is 1. The second kappa shape index (κ2) is 8.58. The molecular weight excluding hydrogens is 305 g/mol. The molecule has 2 heterocycles. The van der Waals surface area contributed by atoms with E-state index in [-0.39, 0.29) is 18.6 Å². The Morgan fingerprint density at radius 3 is 2.42 bits per heavy atom. The number of unbranched alkanes of at least 4 members (excludes halogenated alkanes) is 2. The van der Waals surface area contributed by atoms with E-state index in [4.69, 9.17) is 0 Å². The molecule has 0 bridgehead atoms. The summed E-state index contributed by atoms with van der Waals surface area (Å²) in [6.45, 7) is 5.63. The lowest BCUT2D eigenvalue weighted by Crippen LogP contribution is -2.52. The van der Waals surface area contributed by atoms with Crippen LogP contribution in [0.15, 0.2) is 30.3 Å². The number of halogens is 1. The fourth-order valence-electron chi connectivity index (χ4n) is 3.77. The zero-order valence-electron chi connectivity index (χ0n) is 14.4. The van der Waals surface area contributed by atoms with Gasteiger partial charge < -0.3 is 9.80 Å². The molecule has 1 aromatic carbocycles. The topological polar surface area (TPSA) is 26.8 Å². The average Bonchev–Trinajstić information content (AvgIpc) is 3.01. The van der Waals surface area contributed by atoms with Crippen molar-refractivity contribution in [3.05, 3.63) is 30.3 Å². The number of piperazine rings is 1. The fourth-order valence-corrected chi connectivity index (χ4v) is 3.77. The third-order valence-corrected chi connectivity index (χ3v) is 5.20. The molecule has 4 nitrogen and oxygen atoms in total. The van der Waals surface area contributed by atoms with Crippen molar-refractivity contribution >= 4 is 11.6 Å². The van der Waals surface area contributed by atoms with Gasteiger partial charge in [-0.15, -0.1) is 0 Å². The van der Waals surface area contributed by atoms with E-state index in [1.807, 2.05) is 35.2 Å². The molecule has 5 heteroatoms. The molecule has 132 valence electrons. The van der Waals surface area contributed by atoms with Crippen LogP contribution in [0.2, 0.25) is 0 Å². The Labute approximate surface area is 144 Å². The number of carbonyl (C=O) groups is 1. The van der Waals surface area contributed by atoms with Gasteiger partial charge in [-0.25, -0.2) is 0 Å². The molecule has 2 fully saturated rings. The Balaban J connectivity index is 1.46. The molecule has 0 saturated carbocycles. The molecule has 2 aliphatic rings. The van der Waals surface area contributed by atoms with Gasteiger partial charge in [0.05, 0.1) is 12.7 Å². The number of carbonyl (C=O) groups excluding carboxylic acids is 1. The Morgan fingerprint density at radius 1 is 0.958 bits per heavy atom.